The van der Waals surface area contributed by atoms with Crippen LogP contribution in [0.1, 0.15) is 52.5 Å². The van der Waals surface area contributed by atoms with Gasteiger partial charge in [-0.15, -0.1) is 11.3 Å². The molecule has 0 saturated heterocycles. The van der Waals surface area contributed by atoms with Crippen molar-refractivity contribution in [2.75, 3.05) is 6.61 Å². The van der Waals surface area contributed by atoms with Crippen LogP contribution in [-0.4, -0.2) is 17.4 Å². The zero-order valence-corrected chi connectivity index (χ0v) is 16.7. The van der Waals surface area contributed by atoms with E-state index in [4.69, 9.17) is 4.74 Å². The number of aromatic amines is 1. The van der Waals surface area contributed by atoms with Gasteiger partial charge in [0.1, 0.15) is 5.75 Å². The van der Waals surface area contributed by atoms with E-state index in [1.165, 1.54) is 30.3 Å². The van der Waals surface area contributed by atoms with E-state index in [0.29, 0.717) is 9.20 Å². The molecule has 0 aliphatic carbocycles. The molecule has 0 fully saturated rings. The molecule has 0 aliphatic heterocycles. The number of thiazole rings is 1. The summed E-state index contributed by atoms with van der Waals surface area (Å²) >= 11 is 1.29. The van der Waals surface area contributed by atoms with E-state index in [1.54, 1.807) is 0 Å². The second kappa shape index (κ2) is 8.99. The lowest BCUT2D eigenvalue weighted by Gasteiger charge is -2.12. The molecule has 1 aromatic carbocycles. The van der Waals surface area contributed by atoms with Crippen LogP contribution in [0.5, 0.6) is 5.75 Å². The first-order chi connectivity index (χ1) is 12.3. The van der Waals surface area contributed by atoms with Crippen LogP contribution in [0.15, 0.2) is 29.1 Å². The molecule has 0 radical (unpaired) electrons. The Kier molecular flexibility index (Phi) is 6.98. The Morgan fingerprint density at radius 3 is 2.50 bits per heavy atom. The van der Waals surface area contributed by atoms with E-state index in [2.05, 4.69) is 11.9 Å². The van der Waals surface area contributed by atoms with Crippen molar-refractivity contribution in [3.63, 3.8) is 0 Å². The average molecular weight is 374 g/mol. The van der Waals surface area contributed by atoms with E-state index >= 15 is 0 Å². The number of ketones is 1. The average Bonchev–Trinajstić information content (AvgIpc) is 2.91. The Morgan fingerprint density at radius 1 is 1.19 bits per heavy atom. The van der Waals surface area contributed by atoms with Crippen LogP contribution in [-0.2, 0) is 4.79 Å². The van der Waals surface area contributed by atoms with Gasteiger partial charge in [-0.3, -0.25) is 9.59 Å². The number of unbranched alkanes of at least 4 members (excludes halogenated alkanes) is 2. The number of hydrogen-bond acceptors (Lipinski definition) is 4. The smallest absolute Gasteiger partial charge is 0.266 e. The molecule has 140 valence electrons. The highest BCUT2D eigenvalue weighted by Crippen LogP contribution is 2.15. The highest BCUT2D eigenvalue weighted by molar-refractivity contribution is 7.07. The van der Waals surface area contributed by atoms with Crippen LogP contribution < -0.4 is 19.5 Å². The molecule has 4 nitrogen and oxygen atoms in total. The number of carbonyl (C=O) groups excluding carboxylic acids is 1. The fourth-order valence-corrected chi connectivity index (χ4v) is 3.10. The molecule has 1 heterocycles. The van der Waals surface area contributed by atoms with E-state index < -0.39 is 5.41 Å². The van der Waals surface area contributed by atoms with Gasteiger partial charge < -0.3 is 9.72 Å². The molecule has 5 heteroatoms. The molecule has 1 aromatic heterocycles. The summed E-state index contributed by atoms with van der Waals surface area (Å²) in [5, 5.41) is 0. The summed E-state index contributed by atoms with van der Waals surface area (Å²) in [5.41, 5.74) is 0.285. The van der Waals surface area contributed by atoms with Crippen LogP contribution >= 0.6 is 11.3 Å². The molecular formula is C21H27NO3S. The van der Waals surface area contributed by atoms with Crippen molar-refractivity contribution in [1.29, 1.82) is 0 Å². The summed E-state index contributed by atoms with van der Waals surface area (Å²) in [7, 11) is 0. The van der Waals surface area contributed by atoms with Gasteiger partial charge >= 0.3 is 0 Å². The van der Waals surface area contributed by atoms with Crippen molar-refractivity contribution in [2.45, 2.75) is 47.0 Å². The van der Waals surface area contributed by atoms with E-state index in [9.17, 15) is 9.59 Å². The number of ether oxygens (including phenoxy) is 1. The standard InChI is InChI=1S/C21H27NO3S/c1-5-6-7-12-25-16-10-8-15(9-11-16)13-17-20(24)22-19(26-17)14-18(23)21(2,3)4/h8-11,13-14H,5-7,12H2,1-4H3,(H,22,24). The predicted molar refractivity (Wildman–Crippen MR) is 108 cm³/mol. The minimum Gasteiger partial charge on any atom is -0.494 e. The van der Waals surface area contributed by atoms with E-state index in [1.807, 2.05) is 51.1 Å². The third kappa shape index (κ3) is 5.99. The highest BCUT2D eigenvalue weighted by atomic mass is 32.1. The van der Waals surface area contributed by atoms with Crippen molar-refractivity contribution in [2.24, 2.45) is 5.41 Å². The van der Waals surface area contributed by atoms with Gasteiger partial charge in [-0.2, -0.15) is 0 Å². The summed E-state index contributed by atoms with van der Waals surface area (Å²) in [6, 6.07) is 7.68. The largest absolute Gasteiger partial charge is 0.494 e. The summed E-state index contributed by atoms with van der Waals surface area (Å²) in [5.74, 6) is 0.828. The third-order valence-electron chi connectivity index (χ3n) is 3.88. The van der Waals surface area contributed by atoms with Crippen molar-refractivity contribution < 1.29 is 9.53 Å². The molecule has 0 atom stereocenters. The molecule has 0 spiro atoms. The Bertz CT molecular complexity index is 898. The van der Waals surface area contributed by atoms with Gasteiger partial charge in [0.25, 0.3) is 5.56 Å². The fourth-order valence-electron chi connectivity index (χ4n) is 2.21. The summed E-state index contributed by atoms with van der Waals surface area (Å²) in [4.78, 5) is 26.9. The normalized spacial score (nSPS) is 13.2. The molecule has 26 heavy (non-hydrogen) atoms. The van der Waals surface area contributed by atoms with Gasteiger partial charge in [0.15, 0.2) is 5.78 Å². The quantitative estimate of drug-likeness (QED) is 0.758. The lowest BCUT2D eigenvalue weighted by atomic mass is 9.91. The van der Waals surface area contributed by atoms with Crippen LogP contribution in [0.4, 0.5) is 0 Å². The maximum absolute atomic E-state index is 12.1. The molecule has 0 saturated carbocycles. The van der Waals surface area contributed by atoms with E-state index in [-0.39, 0.29) is 11.3 Å². The maximum Gasteiger partial charge on any atom is 0.266 e. The second-order valence-corrected chi connectivity index (χ2v) is 8.40. The van der Waals surface area contributed by atoms with Crippen LogP contribution in [0.2, 0.25) is 0 Å². The van der Waals surface area contributed by atoms with Crippen molar-refractivity contribution in [3.05, 3.63) is 49.4 Å². The lowest BCUT2D eigenvalue weighted by Crippen LogP contribution is -2.22. The fraction of sp³-hybridized carbons (Fsp3) is 0.429. The Labute approximate surface area is 158 Å². The Morgan fingerprint density at radius 2 is 1.88 bits per heavy atom. The highest BCUT2D eigenvalue weighted by Gasteiger charge is 2.18. The van der Waals surface area contributed by atoms with Gasteiger partial charge in [0.05, 0.1) is 15.8 Å². The predicted octanol–water partition coefficient (Wildman–Crippen LogP) is 3.23. The lowest BCUT2D eigenvalue weighted by molar-refractivity contribution is -0.119. The van der Waals surface area contributed by atoms with Crippen LogP contribution in [0.25, 0.3) is 12.2 Å². The zero-order valence-electron chi connectivity index (χ0n) is 15.9. The van der Waals surface area contributed by atoms with Gasteiger partial charge in [0.2, 0.25) is 0 Å². The number of H-pyrrole nitrogens is 1. The van der Waals surface area contributed by atoms with Crippen LogP contribution in [0.3, 0.4) is 0 Å². The molecule has 2 rings (SSSR count). The number of Topliss-reactive ketones (excluding diaryl/α,β-unsaturated/α-hetero) is 1. The summed E-state index contributed by atoms with van der Waals surface area (Å²) in [6.07, 6.45) is 6.74. The Hall–Kier alpha value is -2.14. The van der Waals surface area contributed by atoms with Crippen molar-refractivity contribution in [3.8, 4) is 5.75 Å². The van der Waals surface area contributed by atoms with Crippen molar-refractivity contribution >= 4 is 29.3 Å². The van der Waals surface area contributed by atoms with Crippen molar-refractivity contribution in [1.82, 2.24) is 4.98 Å². The number of benzene rings is 1. The number of aromatic nitrogens is 1. The van der Waals surface area contributed by atoms with Gasteiger partial charge in [0, 0.05) is 11.5 Å². The first kappa shape index (κ1) is 20.2. The molecule has 2 aromatic rings. The summed E-state index contributed by atoms with van der Waals surface area (Å²) < 4.78 is 6.85. The second-order valence-electron chi connectivity index (χ2n) is 7.31. The molecule has 0 aliphatic rings. The zero-order chi connectivity index (χ0) is 19.2. The molecule has 1 N–H and O–H groups in total. The Balaban J connectivity index is 2.16. The first-order valence-corrected chi connectivity index (χ1v) is 9.81. The summed E-state index contributed by atoms with van der Waals surface area (Å²) in [6.45, 7) is 8.46. The molecule has 0 amide bonds. The monoisotopic (exact) mass is 373 g/mol. The minimum atomic E-state index is -0.461. The third-order valence-corrected chi connectivity index (χ3v) is 4.84. The maximum atomic E-state index is 12.1. The number of carbonyl (C=O) groups is 1. The molecule has 0 unspecified atom stereocenters. The first-order valence-electron chi connectivity index (χ1n) is 8.99. The SMILES string of the molecule is CCCCCOc1ccc(C=c2sc(=CC(=O)C(C)(C)C)[nH]c2=O)cc1. The number of nitrogens with one attached hydrogen (secondary N) is 1. The van der Waals surface area contributed by atoms with Gasteiger partial charge in [-0.05, 0) is 30.2 Å². The van der Waals surface area contributed by atoms with Gasteiger partial charge in [-0.25, -0.2) is 0 Å². The number of rotatable bonds is 7. The topological polar surface area (TPSA) is 59.2 Å². The van der Waals surface area contributed by atoms with E-state index in [0.717, 1.165) is 24.3 Å². The number of hydrogen-bond donors (Lipinski definition) is 1. The van der Waals surface area contributed by atoms with Gasteiger partial charge in [-0.1, -0.05) is 52.7 Å². The molecule has 0 bridgehead atoms. The van der Waals surface area contributed by atoms with Crippen LogP contribution in [0, 0.1) is 5.41 Å². The minimum absolute atomic E-state index is 0.00822. The molecular weight excluding hydrogens is 346 g/mol.